The molecule has 2 aromatic carbocycles. The van der Waals surface area contributed by atoms with E-state index < -0.39 is 34.1 Å². The minimum absolute atomic E-state index is 0.184. The maximum Gasteiger partial charge on any atom is 0.244 e. The third kappa shape index (κ3) is 7.09. The Morgan fingerprint density at radius 2 is 1.56 bits per heavy atom. The lowest BCUT2D eigenvalue weighted by atomic mass is 10.1. The number of rotatable bonds is 8. The Labute approximate surface area is 191 Å². The quantitative estimate of drug-likeness (QED) is 0.657. The molecule has 0 heterocycles. The normalized spacial score (nSPS) is 12.7. The van der Waals surface area contributed by atoms with Crippen molar-refractivity contribution in [2.24, 2.45) is 0 Å². The molecule has 0 unspecified atom stereocenters. The lowest BCUT2D eigenvalue weighted by molar-refractivity contribution is -0.140. The van der Waals surface area contributed by atoms with Gasteiger partial charge in [0.2, 0.25) is 21.8 Å². The fraction of sp³-hybridized carbons (Fsp3) is 0.417. The molecule has 0 fully saturated rings. The maximum absolute atomic E-state index is 13.4. The molecule has 0 aliphatic carbocycles. The second-order valence-electron chi connectivity index (χ2n) is 8.98. The van der Waals surface area contributed by atoms with E-state index in [1.54, 1.807) is 32.0 Å². The number of hydrogen-bond donors (Lipinski definition) is 1. The summed E-state index contributed by atoms with van der Waals surface area (Å²) in [7, 11) is -3.73. The molecule has 2 amide bonds. The van der Waals surface area contributed by atoms with E-state index in [9.17, 15) is 18.0 Å². The zero-order chi connectivity index (χ0) is 24.1. The van der Waals surface area contributed by atoms with Gasteiger partial charge in [-0.3, -0.25) is 13.9 Å². The third-order valence-electron chi connectivity index (χ3n) is 4.92. The van der Waals surface area contributed by atoms with E-state index in [0.29, 0.717) is 5.69 Å². The predicted molar refractivity (Wildman–Crippen MR) is 128 cm³/mol. The number of aryl methyl sites for hydroxylation is 1. The Kier molecular flexibility index (Phi) is 8.07. The van der Waals surface area contributed by atoms with Gasteiger partial charge in [-0.25, -0.2) is 8.42 Å². The largest absolute Gasteiger partial charge is 0.350 e. The monoisotopic (exact) mass is 459 g/mol. The van der Waals surface area contributed by atoms with Crippen LogP contribution in [0.2, 0.25) is 0 Å². The summed E-state index contributed by atoms with van der Waals surface area (Å²) in [4.78, 5) is 27.7. The van der Waals surface area contributed by atoms with Crippen LogP contribution in [0, 0.1) is 6.92 Å². The number of hydrogen-bond acceptors (Lipinski definition) is 4. The smallest absolute Gasteiger partial charge is 0.244 e. The van der Waals surface area contributed by atoms with E-state index in [4.69, 9.17) is 0 Å². The summed E-state index contributed by atoms with van der Waals surface area (Å²) in [6.07, 6.45) is 1.07. The predicted octanol–water partition coefficient (Wildman–Crippen LogP) is 3.09. The van der Waals surface area contributed by atoms with Gasteiger partial charge in [0.05, 0.1) is 11.9 Å². The molecule has 0 aliphatic heterocycles. The molecule has 0 saturated carbocycles. The van der Waals surface area contributed by atoms with Gasteiger partial charge in [0.25, 0.3) is 0 Å². The van der Waals surface area contributed by atoms with Crippen molar-refractivity contribution >= 4 is 27.5 Å². The first kappa shape index (κ1) is 25.4. The highest BCUT2D eigenvalue weighted by Gasteiger charge is 2.31. The molecule has 32 heavy (non-hydrogen) atoms. The molecular formula is C24H33N3O4S. The number of anilines is 1. The van der Waals surface area contributed by atoms with Crippen molar-refractivity contribution in [3.63, 3.8) is 0 Å². The van der Waals surface area contributed by atoms with Gasteiger partial charge in [-0.1, -0.05) is 48.5 Å². The Bertz CT molecular complexity index is 1050. The van der Waals surface area contributed by atoms with E-state index in [2.05, 4.69) is 5.32 Å². The zero-order valence-corrected chi connectivity index (χ0v) is 20.4. The summed E-state index contributed by atoms with van der Waals surface area (Å²) in [6.45, 7) is 8.83. The standard InChI is InChI=1S/C24H33N3O4S/c1-18-12-10-11-15-21(18)27(32(6,30)31)17-22(28)26(16-20-13-8-7-9-14-20)19(2)23(29)25-24(3,4)5/h7-15,19H,16-17H2,1-6H3,(H,25,29)/t19-/m1/s1. The molecule has 174 valence electrons. The number of para-hydroxylation sites is 1. The van der Waals surface area contributed by atoms with Crippen LogP contribution in [0.25, 0.3) is 0 Å². The van der Waals surface area contributed by atoms with E-state index in [1.165, 1.54) is 4.90 Å². The average Bonchev–Trinajstić information content (AvgIpc) is 2.69. The number of carbonyl (C=O) groups is 2. The Morgan fingerprint density at radius 3 is 2.09 bits per heavy atom. The first-order chi connectivity index (χ1) is 14.8. The van der Waals surface area contributed by atoms with Crippen LogP contribution >= 0.6 is 0 Å². The van der Waals surface area contributed by atoms with Gasteiger partial charge in [-0.05, 0) is 51.8 Å². The van der Waals surface area contributed by atoms with Crippen molar-refractivity contribution in [3.05, 3.63) is 65.7 Å². The fourth-order valence-electron chi connectivity index (χ4n) is 3.27. The minimum atomic E-state index is -3.73. The van der Waals surface area contributed by atoms with Gasteiger partial charge in [0, 0.05) is 12.1 Å². The first-order valence-electron chi connectivity index (χ1n) is 10.5. The molecular weight excluding hydrogens is 426 g/mol. The average molecular weight is 460 g/mol. The summed E-state index contributed by atoms with van der Waals surface area (Å²) in [5, 5.41) is 2.90. The van der Waals surface area contributed by atoms with Gasteiger partial charge in [-0.2, -0.15) is 0 Å². The van der Waals surface area contributed by atoms with Gasteiger partial charge in [0.15, 0.2) is 0 Å². The molecule has 2 aromatic rings. The fourth-order valence-corrected chi connectivity index (χ4v) is 4.18. The molecule has 7 nitrogen and oxygen atoms in total. The highest BCUT2D eigenvalue weighted by Crippen LogP contribution is 2.23. The molecule has 8 heteroatoms. The topological polar surface area (TPSA) is 86.8 Å². The molecule has 1 N–H and O–H groups in total. The van der Waals surface area contributed by atoms with E-state index in [0.717, 1.165) is 21.7 Å². The van der Waals surface area contributed by atoms with Gasteiger partial charge >= 0.3 is 0 Å². The van der Waals surface area contributed by atoms with Crippen LogP contribution in [-0.2, 0) is 26.2 Å². The third-order valence-corrected chi connectivity index (χ3v) is 6.05. The summed E-state index contributed by atoms with van der Waals surface area (Å²) >= 11 is 0. The molecule has 1 atom stereocenters. The molecule has 0 saturated heterocycles. The summed E-state index contributed by atoms with van der Waals surface area (Å²) in [5.74, 6) is -0.761. The van der Waals surface area contributed by atoms with Crippen molar-refractivity contribution in [2.75, 3.05) is 17.1 Å². The van der Waals surface area contributed by atoms with Crippen molar-refractivity contribution < 1.29 is 18.0 Å². The van der Waals surface area contributed by atoms with Crippen LogP contribution in [0.5, 0.6) is 0 Å². The molecule has 2 rings (SSSR count). The maximum atomic E-state index is 13.4. The van der Waals surface area contributed by atoms with Crippen LogP contribution in [0.3, 0.4) is 0 Å². The molecule has 0 aliphatic rings. The van der Waals surface area contributed by atoms with Gasteiger partial charge < -0.3 is 10.2 Å². The van der Waals surface area contributed by atoms with Crippen molar-refractivity contribution in [2.45, 2.75) is 52.7 Å². The number of sulfonamides is 1. The van der Waals surface area contributed by atoms with Crippen LogP contribution in [-0.4, -0.2) is 49.5 Å². The Balaban J connectivity index is 2.39. The van der Waals surface area contributed by atoms with E-state index in [-0.39, 0.29) is 12.5 Å². The van der Waals surface area contributed by atoms with Crippen LogP contribution in [0.1, 0.15) is 38.8 Å². The second kappa shape index (κ2) is 10.2. The molecule has 0 radical (unpaired) electrons. The van der Waals surface area contributed by atoms with Crippen molar-refractivity contribution in [1.82, 2.24) is 10.2 Å². The number of nitrogens with one attached hydrogen (secondary N) is 1. The summed E-state index contributed by atoms with van der Waals surface area (Å²) < 4.78 is 26.2. The highest BCUT2D eigenvalue weighted by molar-refractivity contribution is 7.92. The second-order valence-corrected chi connectivity index (χ2v) is 10.9. The zero-order valence-electron chi connectivity index (χ0n) is 19.6. The van der Waals surface area contributed by atoms with Gasteiger partial charge in [-0.15, -0.1) is 0 Å². The number of carbonyl (C=O) groups excluding carboxylic acids is 2. The lowest BCUT2D eigenvalue weighted by Crippen LogP contribution is -2.54. The van der Waals surface area contributed by atoms with Gasteiger partial charge in [0.1, 0.15) is 12.6 Å². The lowest BCUT2D eigenvalue weighted by Gasteiger charge is -2.33. The van der Waals surface area contributed by atoms with Crippen molar-refractivity contribution in [3.8, 4) is 0 Å². The molecule has 0 aromatic heterocycles. The summed E-state index contributed by atoms with van der Waals surface area (Å²) in [5.41, 5.74) is 1.55. The minimum Gasteiger partial charge on any atom is -0.350 e. The molecule has 0 spiro atoms. The Hall–Kier alpha value is -2.87. The highest BCUT2D eigenvalue weighted by atomic mass is 32.2. The number of benzene rings is 2. The van der Waals surface area contributed by atoms with Crippen molar-refractivity contribution in [1.29, 1.82) is 0 Å². The summed E-state index contributed by atoms with van der Waals surface area (Å²) in [6, 6.07) is 15.5. The Morgan fingerprint density at radius 1 is 1.00 bits per heavy atom. The van der Waals surface area contributed by atoms with E-state index >= 15 is 0 Å². The van der Waals surface area contributed by atoms with Crippen LogP contribution in [0.15, 0.2) is 54.6 Å². The number of amides is 2. The van der Waals surface area contributed by atoms with Crippen LogP contribution in [0.4, 0.5) is 5.69 Å². The first-order valence-corrected chi connectivity index (χ1v) is 12.3. The molecule has 0 bridgehead atoms. The SMILES string of the molecule is Cc1ccccc1N(CC(=O)N(Cc1ccccc1)[C@H](C)C(=O)NC(C)(C)C)S(C)(=O)=O. The number of nitrogens with zero attached hydrogens (tertiary/aromatic N) is 2. The van der Waals surface area contributed by atoms with Crippen LogP contribution < -0.4 is 9.62 Å². The van der Waals surface area contributed by atoms with E-state index in [1.807, 2.05) is 57.2 Å².